The molecule has 1 atom stereocenters. The van der Waals surface area contributed by atoms with E-state index in [0.29, 0.717) is 5.92 Å². The van der Waals surface area contributed by atoms with Gasteiger partial charge in [-0.3, -0.25) is 0 Å². The smallest absolute Gasteiger partial charge is 0.123 e. The van der Waals surface area contributed by atoms with Crippen LogP contribution in [-0.4, -0.2) is 5.33 Å². The summed E-state index contributed by atoms with van der Waals surface area (Å²) in [6.07, 6.45) is 0.839. The second-order valence-corrected chi connectivity index (χ2v) is 6.24. The van der Waals surface area contributed by atoms with Crippen molar-refractivity contribution in [3.8, 4) is 0 Å². The molecule has 0 saturated carbocycles. The lowest BCUT2D eigenvalue weighted by molar-refractivity contribution is 0.622. The SMILES string of the molecule is Cc1ccc(F)cc1CC(CBr)c1cccc(Br)c1. The van der Waals surface area contributed by atoms with Crippen molar-refractivity contribution >= 4 is 31.9 Å². The van der Waals surface area contributed by atoms with Crippen LogP contribution >= 0.6 is 31.9 Å². The third-order valence-electron chi connectivity index (χ3n) is 3.28. The molecule has 2 aromatic carbocycles. The second kappa shape index (κ2) is 6.67. The number of hydrogen-bond acceptors (Lipinski definition) is 0. The summed E-state index contributed by atoms with van der Waals surface area (Å²) in [6.45, 7) is 2.03. The highest BCUT2D eigenvalue weighted by Gasteiger charge is 2.13. The highest BCUT2D eigenvalue weighted by atomic mass is 79.9. The summed E-state index contributed by atoms with van der Waals surface area (Å²) >= 11 is 7.06. The van der Waals surface area contributed by atoms with Crippen LogP contribution in [0, 0.1) is 12.7 Å². The Labute approximate surface area is 130 Å². The van der Waals surface area contributed by atoms with Crippen LogP contribution in [-0.2, 0) is 6.42 Å². The van der Waals surface area contributed by atoms with Crippen LogP contribution in [0.1, 0.15) is 22.6 Å². The number of halogens is 3. The first-order valence-electron chi connectivity index (χ1n) is 6.16. The van der Waals surface area contributed by atoms with Crippen molar-refractivity contribution < 1.29 is 4.39 Å². The summed E-state index contributed by atoms with van der Waals surface area (Å²) in [4.78, 5) is 0. The van der Waals surface area contributed by atoms with Gasteiger partial charge in [-0.15, -0.1) is 0 Å². The molecule has 0 bridgehead atoms. The maximum absolute atomic E-state index is 13.3. The number of rotatable bonds is 4. The Morgan fingerprint density at radius 2 is 1.95 bits per heavy atom. The molecule has 0 nitrogen and oxygen atoms in total. The normalized spacial score (nSPS) is 12.4. The van der Waals surface area contributed by atoms with Crippen molar-refractivity contribution in [3.05, 3.63) is 69.4 Å². The maximum Gasteiger partial charge on any atom is 0.123 e. The molecular formula is C16H15Br2F. The summed E-state index contributed by atoms with van der Waals surface area (Å²) in [5.41, 5.74) is 3.47. The summed E-state index contributed by atoms with van der Waals surface area (Å²) in [5.74, 6) is 0.182. The Hall–Kier alpha value is -0.670. The van der Waals surface area contributed by atoms with E-state index in [-0.39, 0.29) is 5.82 Å². The van der Waals surface area contributed by atoms with Gasteiger partial charge in [0.15, 0.2) is 0 Å². The van der Waals surface area contributed by atoms with Gasteiger partial charge in [-0.05, 0) is 60.2 Å². The number of aryl methyl sites for hydroxylation is 1. The van der Waals surface area contributed by atoms with Crippen molar-refractivity contribution in [3.63, 3.8) is 0 Å². The van der Waals surface area contributed by atoms with E-state index in [1.54, 1.807) is 6.07 Å². The van der Waals surface area contributed by atoms with E-state index < -0.39 is 0 Å². The third-order valence-corrected chi connectivity index (χ3v) is 4.56. The van der Waals surface area contributed by atoms with Gasteiger partial charge in [0, 0.05) is 9.80 Å². The summed E-state index contributed by atoms with van der Waals surface area (Å²) in [5, 5.41) is 0.861. The Balaban J connectivity index is 2.26. The highest BCUT2D eigenvalue weighted by Crippen LogP contribution is 2.27. The topological polar surface area (TPSA) is 0 Å². The van der Waals surface area contributed by atoms with Crippen molar-refractivity contribution in [1.29, 1.82) is 0 Å². The van der Waals surface area contributed by atoms with E-state index in [0.717, 1.165) is 27.4 Å². The molecule has 0 amide bonds. The van der Waals surface area contributed by atoms with Crippen LogP contribution in [0.4, 0.5) is 4.39 Å². The fraction of sp³-hybridized carbons (Fsp3) is 0.250. The zero-order valence-electron chi connectivity index (χ0n) is 10.7. The molecule has 19 heavy (non-hydrogen) atoms. The summed E-state index contributed by atoms with van der Waals surface area (Å²) in [7, 11) is 0. The predicted octanol–water partition coefficient (Wildman–Crippen LogP) is 5.62. The average Bonchev–Trinajstić information content (AvgIpc) is 2.39. The van der Waals surface area contributed by atoms with Gasteiger partial charge in [0.05, 0.1) is 0 Å². The lowest BCUT2D eigenvalue weighted by Gasteiger charge is -2.16. The lowest BCUT2D eigenvalue weighted by atomic mass is 9.92. The fourth-order valence-corrected chi connectivity index (χ4v) is 3.17. The van der Waals surface area contributed by atoms with E-state index in [9.17, 15) is 4.39 Å². The average molecular weight is 386 g/mol. The van der Waals surface area contributed by atoms with Gasteiger partial charge in [0.25, 0.3) is 0 Å². The lowest BCUT2D eigenvalue weighted by Crippen LogP contribution is -2.06. The van der Waals surface area contributed by atoms with Crippen LogP contribution in [0.5, 0.6) is 0 Å². The second-order valence-electron chi connectivity index (χ2n) is 4.68. The molecule has 0 radical (unpaired) electrons. The van der Waals surface area contributed by atoms with Crippen molar-refractivity contribution in [2.24, 2.45) is 0 Å². The Kier molecular flexibility index (Phi) is 5.17. The van der Waals surface area contributed by atoms with E-state index in [2.05, 4.69) is 44.0 Å². The van der Waals surface area contributed by atoms with Crippen LogP contribution < -0.4 is 0 Å². The van der Waals surface area contributed by atoms with E-state index in [1.807, 2.05) is 25.1 Å². The molecule has 0 aliphatic heterocycles. The van der Waals surface area contributed by atoms with Crippen molar-refractivity contribution in [1.82, 2.24) is 0 Å². The van der Waals surface area contributed by atoms with Gasteiger partial charge < -0.3 is 0 Å². The largest absolute Gasteiger partial charge is 0.207 e. The van der Waals surface area contributed by atoms with Crippen LogP contribution in [0.2, 0.25) is 0 Å². The zero-order chi connectivity index (χ0) is 13.8. The monoisotopic (exact) mass is 384 g/mol. The van der Waals surface area contributed by atoms with Gasteiger partial charge in [0.1, 0.15) is 5.82 Å². The Morgan fingerprint density at radius 3 is 2.63 bits per heavy atom. The van der Waals surface area contributed by atoms with Crippen LogP contribution in [0.15, 0.2) is 46.9 Å². The van der Waals surface area contributed by atoms with Gasteiger partial charge >= 0.3 is 0 Å². The van der Waals surface area contributed by atoms with Gasteiger partial charge in [-0.1, -0.05) is 50.1 Å². The molecule has 3 heteroatoms. The molecule has 0 aliphatic carbocycles. The molecule has 0 aromatic heterocycles. The maximum atomic E-state index is 13.3. The molecule has 100 valence electrons. The Morgan fingerprint density at radius 1 is 1.16 bits per heavy atom. The highest BCUT2D eigenvalue weighted by molar-refractivity contribution is 9.10. The Bertz CT molecular complexity index is 566. The molecule has 2 rings (SSSR count). The first kappa shape index (κ1) is 14.7. The minimum absolute atomic E-state index is 0.164. The molecule has 0 saturated heterocycles. The molecular weight excluding hydrogens is 371 g/mol. The zero-order valence-corrected chi connectivity index (χ0v) is 13.8. The molecule has 0 spiro atoms. The molecule has 0 N–H and O–H groups in total. The molecule has 0 aliphatic rings. The van der Waals surface area contributed by atoms with E-state index >= 15 is 0 Å². The van der Waals surface area contributed by atoms with Gasteiger partial charge in [-0.25, -0.2) is 4.39 Å². The van der Waals surface area contributed by atoms with E-state index in [4.69, 9.17) is 0 Å². The third kappa shape index (κ3) is 3.90. The summed E-state index contributed by atoms with van der Waals surface area (Å²) in [6, 6.07) is 13.3. The van der Waals surface area contributed by atoms with E-state index in [1.165, 1.54) is 11.6 Å². The van der Waals surface area contributed by atoms with Gasteiger partial charge in [-0.2, -0.15) is 0 Å². The standard InChI is InChI=1S/C16H15Br2F/c1-11-5-6-16(19)9-13(11)7-14(10-17)12-3-2-4-15(18)8-12/h2-6,8-9,14H,7,10H2,1H3. The molecule has 0 heterocycles. The molecule has 1 unspecified atom stereocenters. The predicted molar refractivity (Wildman–Crippen MR) is 85.5 cm³/mol. The molecule has 0 fully saturated rings. The molecule has 2 aromatic rings. The van der Waals surface area contributed by atoms with Crippen molar-refractivity contribution in [2.45, 2.75) is 19.3 Å². The number of alkyl halides is 1. The number of benzene rings is 2. The first-order valence-corrected chi connectivity index (χ1v) is 8.08. The van der Waals surface area contributed by atoms with Crippen LogP contribution in [0.25, 0.3) is 0 Å². The fourth-order valence-electron chi connectivity index (χ4n) is 2.15. The number of hydrogen-bond donors (Lipinski definition) is 0. The first-order chi connectivity index (χ1) is 9.10. The minimum Gasteiger partial charge on any atom is -0.207 e. The summed E-state index contributed by atoms with van der Waals surface area (Å²) < 4.78 is 14.4. The quantitative estimate of drug-likeness (QED) is 0.599. The van der Waals surface area contributed by atoms with Crippen molar-refractivity contribution in [2.75, 3.05) is 5.33 Å². The van der Waals surface area contributed by atoms with Crippen LogP contribution in [0.3, 0.4) is 0 Å². The van der Waals surface area contributed by atoms with Gasteiger partial charge in [0.2, 0.25) is 0 Å². The minimum atomic E-state index is -0.164.